The van der Waals surface area contributed by atoms with Crippen LogP contribution in [-0.4, -0.2) is 28.5 Å². The van der Waals surface area contributed by atoms with Crippen LogP contribution in [0.3, 0.4) is 0 Å². The van der Waals surface area contributed by atoms with Gasteiger partial charge in [-0.3, -0.25) is 9.78 Å². The second-order valence-electron chi connectivity index (χ2n) is 6.64. The fourth-order valence-corrected chi connectivity index (χ4v) is 4.10. The molecule has 1 aliphatic heterocycles. The minimum absolute atomic E-state index is 0.0305. The Morgan fingerprint density at radius 1 is 1.30 bits per heavy atom. The van der Waals surface area contributed by atoms with E-state index in [9.17, 15) is 4.79 Å². The minimum Gasteiger partial charge on any atom is -0.487 e. The van der Waals surface area contributed by atoms with E-state index in [1.54, 1.807) is 23.7 Å². The standard InChI is InChI=1S/C21H21N3O2S/c1-14-19(27-13-24-14)5-6-20(25)23-12-17-11-16-3-2-4-18(21(16)26-17)15-7-9-22-10-8-15/h2-4,7-10,13,17H,5-6,11-12H2,1H3,(H,23,25)/t17-/m1/s1. The number of carbonyl (C=O) groups is 1. The van der Waals surface area contributed by atoms with Crippen molar-refractivity contribution in [3.05, 3.63) is 64.4 Å². The molecular weight excluding hydrogens is 358 g/mol. The molecule has 6 heteroatoms. The maximum absolute atomic E-state index is 12.2. The lowest BCUT2D eigenvalue weighted by Crippen LogP contribution is -2.34. The molecule has 0 radical (unpaired) electrons. The van der Waals surface area contributed by atoms with Gasteiger partial charge < -0.3 is 10.1 Å². The summed E-state index contributed by atoms with van der Waals surface area (Å²) in [5.74, 6) is 0.972. The van der Waals surface area contributed by atoms with Gasteiger partial charge >= 0.3 is 0 Å². The highest BCUT2D eigenvalue weighted by atomic mass is 32.1. The van der Waals surface area contributed by atoms with Gasteiger partial charge in [-0.05, 0) is 36.6 Å². The van der Waals surface area contributed by atoms with Crippen molar-refractivity contribution in [3.8, 4) is 16.9 Å². The van der Waals surface area contributed by atoms with Crippen LogP contribution in [0.1, 0.15) is 22.6 Å². The molecule has 1 amide bonds. The molecule has 0 unspecified atom stereocenters. The topological polar surface area (TPSA) is 64.1 Å². The third kappa shape index (κ3) is 4.01. The van der Waals surface area contributed by atoms with Gasteiger partial charge in [0.15, 0.2) is 0 Å². The summed E-state index contributed by atoms with van der Waals surface area (Å²) in [6.07, 6.45) is 5.56. The van der Waals surface area contributed by atoms with Crippen molar-refractivity contribution in [3.63, 3.8) is 0 Å². The van der Waals surface area contributed by atoms with Crippen molar-refractivity contribution in [2.75, 3.05) is 6.54 Å². The Morgan fingerprint density at radius 3 is 2.93 bits per heavy atom. The van der Waals surface area contributed by atoms with E-state index in [1.807, 2.05) is 24.6 Å². The largest absolute Gasteiger partial charge is 0.487 e. The van der Waals surface area contributed by atoms with Crippen molar-refractivity contribution < 1.29 is 9.53 Å². The molecular formula is C21H21N3O2S. The molecule has 1 atom stereocenters. The number of nitrogens with one attached hydrogen (secondary N) is 1. The normalized spacial score (nSPS) is 15.2. The van der Waals surface area contributed by atoms with Crippen molar-refractivity contribution >= 4 is 17.2 Å². The van der Waals surface area contributed by atoms with Gasteiger partial charge in [-0.1, -0.05) is 18.2 Å². The van der Waals surface area contributed by atoms with Gasteiger partial charge in [0.1, 0.15) is 11.9 Å². The third-order valence-corrected chi connectivity index (χ3v) is 5.77. The van der Waals surface area contributed by atoms with E-state index in [0.29, 0.717) is 13.0 Å². The highest BCUT2D eigenvalue weighted by Crippen LogP contribution is 2.38. The number of aryl methyl sites for hydroxylation is 2. The number of carbonyl (C=O) groups excluding carboxylic acids is 1. The predicted molar refractivity (Wildman–Crippen MR) is 106 cm³/mol. The molecule has 0 fully saturated rings. The van der Waals surface area contributed by atoms with Crippen LogP contribution < -0.4 is 10.1 Å². The zero-order valence-corrected chi connectivity index (χ0v) is 16.0. The summed E-state index contributed by atoms with van der Waals surface area (Å²) in [6.45, 7) is 2.50. The summed E-state index contributed by atoms with van der Waals surface area (Å²) in [4.78, 5) is 21.7. The summed E-state index contributed by atoms with van der Waals surface area (Å²) < 4.78 is 6.17. The Kier molecular flexibility index (Phi) is 5.16. The Labute approximate surface area is 162 Å². The molecule has 5 nitrogen and oxygen atoms in total. The molecule has 3 aromatic rings. The highest BCUT2D eigenvalue weighted by molar-refractivity contribution is 7.09. The minimum atomic E-state index is -0.0305. The number of ether oxygens (including phenoxy) is 1. The molecule has 0 aliphatic carbocycles. The average Bonchev–Trinajstić information content (AvgIpc) is 3.30. The van der Waals surface area contributed by atoms with Crippen LogP contribution in [-0.2, 0) is 17.6 Å². The number of para-hydroxylation sites is 1. The van der Waals surface area contributed by atoms with Gasteiger partial charge in [-0.2, -0.15) is 0 Å². The summed E-state index contributed by atoms with van der Waals surface area (Å²) in [6, 6.07) is 10.2. The van der Waals surface area contributed by atoms with Gasteiger partial charge in [0, 0.05) is 35.7 Å². The first-order valence-corrected chi connectivity index (χ1v) is 9.93. The molecule has 138 valence electrons. The van der Waals surface area contributed by atoms with Crippen molar-refractivity contribution in [1.82, 2.24) is 15.3 Å². The smallest absolute Gasteiger partial charge is 0.220 e. The molecule has 0 saturated heterocycles. The lowest BCUT2D eigenvalue weighted by atomic mass is 10.0. The van der Waals surface area contributed by atoms with Crippen LogP contribution in [0.25, 0.3) is 11.1 Å². The van der Waals surface area contributed by atoms with Crippen LogP contribution in [0.5, 0.6) is 5.75 Å². The van der Waals surface area contributed by atoms with E-state index in [2.05, 4.69) is 33.5 Å². The zero-order valence-electron chi connectivity index (χ0n) is 15.1. The number of aromatic nitrogens is 2. The van der Waals surface area contributed by atoms with E-state index in [4.69, 9.17) is 4.74 Å². The number of thiazole rings is 1. The number of benzene rings is 1. The number of fused-ring (bicyclic) bond motifs is 1. The van der Waals surface area contributed by atoms with Gasteiger partial charge in [0.05, 0.1) is 17.7 Å². The number of hydrogen-bond donors (Lipinski definition) is 1. The van der Waals surface area contributed by atoms with Crippen LogP contribution >= 0.6 is 11.3 Å². The molecule has 2 aromatic heterocycles. The Morgan fingerprint density at radius 2 is 2.15 bits per heavy atom. The summed E-state index contributed by atoms with van der Waals surface area (Å²) >= 11 is 1.61. The maximum Gasteiger partial charge on any atom is 0.220 e. The van der Waals surface area contributed by atoms with Crippen LogP contribution in [0, 0.1) is 6.92 Å². The van der Waals surface area contributed by atoms with Crippen LogP contribution in [0.15, 0.2) is 48.2 Å². The molecule has 3 heterocycles. The zero-order chi connectivity index (χ0) is 18.6. The van der Waals surface area contributed by atoms with Crippen molar-refractivity contribution in [2.24, 2.45) is 0 Å². The lowest BCUT2D eigenvalue weighted by Gasteiger charge is -2.13. The first-order valence-electron chi connectivity index (χ1n) is 9.05. The summed E-state index contributed by atoms with van der Waals surface area (Å²) in [5.41, 5.74) is 6.19. The molecule has 0 bridgehead atoms. The van der Waals surface area contributed by atoms with Gasteiger partial charge in [-0.15, -0.1) is 11.3 Å². The molecule has 27 heavy (non-hydrogen) atoms. The fourth-order valence-electron chi connectivity index (χ4n) is 3.32. The first kappa shape index (κ1) is 17.7. The first-order chi connectivity index (χ1) is 13.2. The molecule has 0 spiro atoms. The Bertz CT molecular complexity index is 940. The second kappa shape index (κ2) is 7.88. The molecule has 1 aromatic carbocycles. The molecule has 1 N–H and O–H groups in total. The summed E-state index contributed by atoms with van der Waals surface area (Å²) in [7, 11) is 0. The number of hydrogen-bond acceptors (Lipinski definition) is 5. The van der Waals surface area contributed by atoms with E-state index < -0.39 is 0 Å². The second-order valence-corrected chi connectivity index (χ2v) is 7.58. The maximum atomic E-state index is 12.2. The monoisotopic (exact) mass is 379 g/mol. The Hall–Kier alpha value is -2.73. The van der Waals surface area contributed by atoms with Gasteiger partial charge in [0.25, 0.3) is 0 Å². The fraction of sp³-hybridized carbons (Fsp3) is 0.286. The van der Waals surface area contributed by atoms with E-state index in [1.165, 1.54) is 10.4 Å². The number of nitrogens with zero attached hydrogens (tertiary/aromatic N) is 2. The van der Waals surface area contributed by atoms with Gasteiger partial charge in [0.2, 0.25) is 5.91 Å². The van der Waals surface area contributed by atoms with Crippen LogP contribution in [0.4, 0.5) is 0 Å². The number of rotatable bonds is 6. The van der Waals surface area contributed by atoms with Gasteiger partial charge in [-0.25, -0.2) is 4.98 Å². The van der Waals surface area contributed by atoms with E-state index in [0.717, 1.165) is 35.4 Å². The lowest BCUT2D eigenvalue weighted by molar-refractivity contribution is -0.121. The SMILES string of the molecule is Cc1ncsc1CCC(=O)NC[C@H]1Cc2cccc(-c3ccncc3)c2O1. The van der Waals surface area contributed by atoms with E-state index >= 15 is 0 Å². The van der Waals surface area contributed by atoms with Crippen LogP contribution in [0.2, 0.25) is 0 Å². The van der Waals surface area contributed by atoms with Crippen molar-refractivity contribution in [2.45, 2.75) is 32.3 Å². The molecule has 4 rings (SSSR count). The van der Waals surface area contributed by atoms with E-state index in [-0.39, 0.29) is 12.0 Å². The summed E-state index contributed by atoms with van der Waals surface area (Å²) in [5, 5.41) is 3.01. The number of amides is 1. The molecule has 1 aliphatic rings. The predicted octanol–water partition coefficient (Wildman–Crippen LogP) is 3.57. The Balaban J connectivity index is 1.34. The number of pyridine rings is 1. The highest BCUT2D eigenvalue weighted by Gasteiger charge is 2.26. The third-order valence-electron chi connectivity index (χ3n) is 4.77. The quantitative estimate of drug-likeness (QED) is 0.711. The van der Waals surface area contributed by atoms with Crippen molar-refractivity contribution in [1.29, 1.82) is 0 Å². The average molecular weight is 379 g/mol. The molecule has 0 saturated carbocycles.